The van der Waals surface area contributed by atoms with Gasteiger partial charge in [-0.2, -0.15) is 0 Å². The van der Waals surface area contributed by atoms with E-state index in [1.54, 1.807) is 12.4 Å². The van der Waals surface area contributed by atoms with Gasteiger partial charge in [0.1, 0.15) is 0 Å². The Morgan fingerprint density at radius 2 is 2.19 bits per heavy atom. The maximum Gasteiger partial charge on any atom is 0.254 e. The predicted molar refractivity (Wildman–Crippen MR) is 84.0 cm³/mol. The molecule has 1 unspecified atom stereocenters. The molecule has 0 bridgehead atoms. The van der Waals surface area contributed by atoms with Crippen LogP contribution in [0.15, 0.2) is 36.7 Å². The Kier molecular flexibility index (Phi) is 3.41. The van der Waals surface area contributed by atoms with Crippen molar-refractivity contribution in [3.05, 3.63) is 42.2 Å². The number of rotatable bonds is 1. The molecular weight excluding hydrogens is 262 g/mol. The smallest absolute Gasteiger partial charge is 0.254 e. The summed E-state index contributed by atoms with van der Waals surface area (Å²) in [7, 11) is 0. The van der Waals surface area contributed by atoms with Gasteiger partial charge in [0.2, 0.25) is 0 Å². The summed E-state index contributed by atoms with van der Waals surface area (Å²) in [5, 5.41) is 1.96. The summed E-state index contributed by atoms with van der Waals surface area (Å²) in [6.45, 7) is 5.69. The van der Waals surface area contributed by atoms with Gasteiger partial charge in [-0.1, -0.05) is 26.0 Å². The van der Waals surface area contributed by atoms with Gasteiger partial charge in [0, 0.05) is 42.5 Å². The van der Waals surface area contributed by atoms with Crippen LogP contribution in [0.5, 0.6) is 0 Å². The number of benzene rings is 1. The first kappa shape index (κ1) is 14.0. The molecule has 1 atom stereocenters. The number of amides is 1. The van der Waals surface area contributed by atoms with E-state index in [1.165, 1.54) is 0 Å². The summed E-state index contributed by atoms with van der Waals surface area (Å²) in [6, 6.07) is 7.85. The molecule has 1 amide bonds. The minimum absolute atomic E-state index is 0.0416. The van der Waals surface area contributed by atoms with Crippen molar-refractivity contribution in [1.82, 2.24) is 9.88 Å². The number of nitrogens with two attached hydrogens (primary N) is 1. The lowest BCUT2D eigenvalue weighted by Gasteiger charge is -2.42. The normalized spacial score (nSPS) is 21.5. The maximum atomic E-state index is 12.9. The van der Waals surface area contributed by atoms with Crippen LogP contribution in [0.4, 0.5) is 0 Å². The topological polar surface area (TPSA) is 59.2 Å². The summed E-state index contributed by atoms with van der Waals surface area (Å²) in [4.78, 5) is 18.9. The number of nitrogens with zero attached hydrogens (tertiary/aromatic N) is 2. The highest BCUT2D eigenvalue weighted by molar-refractivity contribution is 6.06. The van der Waals surface area contributed by atoms with Gasteiger partial charge in [-0.05, 0) is 29.4 Å². The number of likely N-dealkylation sites (tertiary alicyclic amines) is 1. The Morgan fingerprint density at radius 3 is 2.95 bits per heavy atom. The molecule has 0 radical (unpaired) electrons. The van der Waals surface area contributed by atoms with Gasteiger partial charge in [-0.3, -0.25) is 9.78 Å². The summed E-state index contributed by atoms with van der Waals surface area (Å²) in [6.07, 6.45) is 4.38. The van der Waals surface area contributed by atoms with Gasteiger partial charge < -0.3 is 10.6 Å². The van der Waals surface area contributed by atoms with E-state index in [4.69, 9.17) is 5.73 Å². The van der Waals surface area contributed by atoms with Crippen LogP contribution in [0.1, 0.15) is 30.6 Å². The zero-order chi connectivity index (χ0) is 15.0. The van der Waals surface area contributed by atoms with Crippen LogP contribution in [0.25, 0.3) is 10.8 Å². The Morgan fingerprint density at radius 1 is 1.38 bits per heavy atom. The second-order valence-corrected chi connectivity index (χ2v) is 6.51. The van der Waals surface area contributed by atoms with E-state index in [0.29, 0.717) is 6.54 Å². The van der Waals surface area contributed by atoms with Gasteiger partial charge in [-0.25, -0.2) is 0 Å². The molecular formula is C17H21N3O. The van der Waals surface area contributed by atoms with Crippen LogP contribution < -0.4 is 5.73 Å². The summed E-state index contributed by atoms with van der Waals surface area (Å²) in [5.74, 6) is 0.0896. The van der Waals surface area contributed by atoms with E-state index in [9.17, 15) is 4.79 Å². The Balaban J connectivity index is 1.94. The molecule has 0 spiro atoms. The van der Waals surface area contributed by atoms with E-state index in [1.807, 2.05) is 29.2 Å². The molecule has 110 valence electrons. The van der Waals surface area contributed by atoms with Crippen molar-refractivity contribution in [1.29, 1.82) is 0 Å². The van der Waals surface area contributed by atoms with Crippen molar-refractivity contribution in [2.24, 2.45) is 11.1 Å². The molecule has 0 aliphatic carbocycles. The highest BCUT2D eigenvalue weighted by atomic mass is 16.2. The molecule has 1 aliphatic heterocycles. The molecule has 0 saturated carbocycles. The fourth-order valence-corrected chi connectivity index (χ4v) is 3.03. The molecule has 4 nitrogen and oxygen atoms in total. The van der Waals surface area contributed by atoms with E-state index in [-0.39, 0.29) is 17.4 Å². The van der Waals surface area contributed by atoms with Gasteiger partial charge in [0.05, 0.1) is 0 Å². The third-order valence-corrected chi connectivity index (χ3v) is 4.51. The van der Waals surface area contributed by atoms with Crippen LogP contribution in [0.3, 0.4) is 0 Å². The number of hydrogen-bond donors (Lipinski definition) is 1. The fraction of sp³-hybridized carbons (Fsp3) is 0.412. The average Bonchev–Trinajstić information content (AvgIpc) is 2.48. The molecule has 1 aromatic carbocycles. The van der Waals surface area contributed by atoms with E-state index >= 15 is 0 Å². The molecule has 1 aromatic heterocycles. The summed E-state index contributed by atoms with van der Waals surface area (Å²) < 4.78 is 0. The van der Waals surface area contributed by atoms with Crippen LogP contribution in [0.2, 0.25) is 0 Å². The second-order valence-electron chi connectivity index (χ2n) is 6.51. The SMILES string of the molecule is CC1(C)CN(C(=O)c2cccc3cnccc23)CCC1N. The summed E-state index contributed by atoms with van der Waals surface area (Å²) in [5.41, 5.74) is 6.87. The maximum absolute atomic E-state index is 12.9. The third-order valence-electron chi connectivity index (χ3n) is 4.51. The first-order valence-electron chi connectivity index (χ1n) is 7.37. The number of pyridine rings is 1. The summed E-state index contributed by atoms with van der Waals surface area (Å²) >= 11 is 0. The van der Waals surface area contributed by atoms with E-state index in [2.05, 4.69) is 18.8 Å². The Hall–Kier alpha value is -1.94. The number of aromatic nitrogens is 1. The minimum Gasteiger partial charge on any atom is -0.338 e. The van der Waals surface area contributed by atoms with Gasteiger partial charge in [-0.15, -0.1) is 0 Å². The number of carbonyl (C=O) groups is 1. The Bertz CT molecular complexity index is 675. The van der Waals surface area contributed by atoms with Crippen molar-refractivity contribution in [3.63, 3.8) is 0 Å². The lowest BCUT2D eigenvalue weighted by Crippen LogP contribution is -2.54. The van der Waals surface area contributed by atoms with E-state index < -0.39 is 0 Å². The molecule has 2 heterocycles. The monoisotopic (exact) mass is 283 g/mol. The van der Waals surface area contributed by atoms with Crippen molar-refractivity contribution in [3.8, 4) is 0 Å². The molecule has 1 fully saturated rings. The van der Waals surface area contributed by atoms with E-state index in [0.717, 1.165) is 29.3 Å². The number of fused-ring (bicyclic) bond motifs is 1. The third kappa shape index (κ3) is 2.51. The van der Waals surface area contributed by atoms with Crippen LogP contribution in [0, 0.1) is 5.41 Å². The second kappa shape index (κ2) is 5.11. The molecule has 2 aromatic rings. The molecule has 3 rings (SSSR count). The van der Waals surface area contributed by atoms with Crippen LogP contribution in [-0.2, 0) is 0 Å². The zero-order valence-electron chi connectivity index (χ0n) is 12.5. The number of carbonyl (C=O) groups excluding carboxylic acids is 1. The van der Waals surface area contributed by atoms with Gasteiger partial charge in [0.15, 0.2) is 0 Å². The fourth-order valence-electron chi connectivity index (χ4n) is 3.03. The Labute approximate surface area is 125 Å². The van der Waals surface area contributed by atoms with Crippen molar-refractivity contribution in [2.45, 2.75) is 26.3 Å². The molecule has 2 N–H and O–H groups in total. The van der Waals surface area contributed by atoms with Gasteiger partial charge in [0.25, 0.3) is 5.91 Å². The first-order chi connectivity index (χ1) is 9.99. The largest absolute Gasteiger partial charge is 0.338 e. The van der Waals surface area contributed by atoms with Crippen molar-refractivity contribution >= 4 is 16.7 Å². The molecule has 1 saturated heterocycles. The zero-order valence-corrected chi connectivity index (χ0v) is 12.5. The van der Waals surface area contributed by atoms with Crippen molar-refractivity contribution < 1.29 is 4.79 Å². The van der Waals surface area contributed by atoms with Crippen LogP contribution >= 0.6 is 0 Å². The average molecular weight is 283 g/mol. The first-order valence-corrected chi connectivity index (χ1v) is 7.37. The predicted octanol–water partition coefficient (Wildman–Crippen LogP) is 2.43. The quantitative estimate of drug-likeness (QED) is 0.874. The van der Waals surface area contributed by atoms with Crippen molar-refractivity contribution in [2.75, 3.05) is 13.1 Å². The molecule has 1 aliphatic rings. The highest BCUT2D eigenvalue weighted by Gasteiger charge is 2.35. The minimum atomic E-state index is -0.0416. The molecule has 4 heteroatoms. The number of hydrogen-bond acceptors (Lipinski definition) is 3. The van der Waals surface area contributed by atoms with Crippen LogP contribution in [-0.4, -0.2) is 34.9 Å². The van der Waals surface area contributed by atoms with Gasteiger partial charge >= 0.3 is 0 Å². The standard InChI is InChI=1S/C17H21N3O/c1-17(2)11-20(9-7-15(17)18)16(21)14-5-3-4-12-10-19-8-6-13(12)14/h3-6,8,10,15H,7,9,11,18H2,1-2H3. The number of piperidine rings is 1. The lowest BCUT2D eigenvalue weighted by atomic mass is 9.79. The lowest BCUT2D eigenvalue weighted by molar-refractivity contribution is 0.0535. The highest BCUT2D eigenvalue weighted by Crippen LogP contribution is 2.29. The molecule has 21 heavy (non-hydrogen) atoms.